The molecule has 1 aromatic heterocycles. The standard InChI is InChI=1S/C12H19N5/c1-5-17(7-9(2)6-13)12-10(3)11(14-4)15-8-16-12/h8-9H,5,7H2,1-4H3,(H,14,15,16). The van der Waals surface area contributed by atoms with Crippen molar-refractivity contribution in [3.8, 4) is 6.07 Å². The third-order valence-electron chi connectivity index (χ3n) is 2.69. The van der Waals surface area contributed by atoms with Crippen LogP contribution in [-0.4, -0.2) is 30.1 Å². The average molecular weight is 233 g/mol. The second-order valence-electron chi connectivity index (χ2n) is 3.99. The van der Waals surface area contributed by atoms with Gasteiger partial charge in [0, 0.05) is 25.7 Å². The van der Waals surface area contributed by atoms with E-state index in [4.69, 9.17) is 5.26 Å². The first-order valence-corrected chi connectivity index (χ1v) is 5.77. The summed E-state index contributed by atoms with van der Waals surface area (Å²) in [4.78, 5) is 10.6. The lowest BCUT2D eigenvalue weighted by Gasteiger charge is -2.25. The molecule has 0 bridgehead atoms. The van der Waals surface area contributed by atoms with Gasteiger partial charge in [0.25, 0.3) is 0 Å². The Hall–Kier alpha value is -1.83. The van der Waals surface area contributed by atoms with Gasteiger partial charge in [-0.05, 0) is 20.8 Å². The van der Waals surface area contributed by atoms with Crippen molar-refractivity contribution in [3.05, 3.63) is 11.9 Å². The highest BCUT2D eigenvalue weighted by molar-refractivity contribution is 5.57. The van der Waals surface area contributed by atoms with Gasteiger partial charge in [-0.15, -0.1) is 0 Å². The van der Waals surface area contributed by atoms with Gasteiger partial charge >= 0.3 is 0 Å². The van der Waals surface area contributed by atoms with Crippen molar-refractivity contribution < 1.29 is 0 Å². The summed E-state index contributed by atoms with van der Waals surface area (Å²) in [6.45, 7) is 7.48. The van der Waals surface area contributed by atoms with Gasteiger partial charge < -0.3 is 10.2 Å². The SMILES string of the molecule is CCN(CC(C)C#N)c1ncnc(NC)c1C. The predicted molar refractivity (Wildman–Crippen MR) is 69.0 cm³/mol. The number of hydrogen-bond donors (Lipinski definition) is 1. The molecule has 5 nitrogen and oxygen atoms in total. The second-order valence-corrected chi connectivity index (χ2v) is 3.99. The molecule has 1 rings (SSSR count). The van der Waals surface area contributed by atoms with Gasteiger partial charge in [0.15, 0.2) is 0 Å². The van der Waals surface area contributed by atoms with E-state index in [9.17, 15) is 0 Å². The summed E-state index contributed by atoms with van der Waals surface area (Å²) in [6, 6.07) is 2.25. The fourth-order valence-corrected chi connectivity index (χ4v) is 1.75. The van der Waals surface area contributed by atoms with E-state index >= 15 is 0 Å². The van der Waals surface area contributed by atoms with E-state index < -0.39 is 0 Å². The van der Waals surface area contributed by atoms with E-state index in [2.05, 4.69) is 33.2 Å². The molecule has 0 saturated heterocycles. The Morgan fingerprint density at radius 2 is 2.24 bits per heavy atom. The minimum atomic E-state index is -0.0117. The first kappa shape index (κ1) is 13.2. The lowest BCUT2D eigenvalue weighted by atomic mass is 10.2. The smallest absolute Gasteiger partial charge is 0.137 e. The van der Waals surface area contributed by atoms with Gasteiger partial charge in [-0.2, -0.15) is 5.26 Å². The summed E-state index contributed by atoms with van der Waals surface area (Å²) in [6.07, 6.45) is 1.55. The second kappa shape index (κ2) is 6.04. The van der Waals surface area contributed by atoms with E-state index in [0.717, 1.165) is 23.7 Å². The molecule has 0 radical (unpaired) electrons. The van der Waals surface area contributed by atoms with Crippen molar-refractivity contribution in [1.82, 2.24) is 9.97 Å². The Morgan fingerprint density at radius 1 is 1.53 bits per heavy atom. The zero-order chi connectivity index (χ0) is 12.8. The van der Waals surface area contributed by atoms with E-state index in [1.165, 1.54) is 0 Å². The maximum absolute atomic E-state index is 8.87. The minimum absolute atomic E-state index is 0.0117. The van der Waals surface area contributed by atoms with E-state index in [-0.39, 0.29) is 5.92 Å². The average Bonchev–Trinajstić information content (AvgIpc) is 2.36. The molecule has 0 aliphatic rings. The Morgan fingerprint density at radius 3 is 2.76 bits per heavy atom. The van der Waals surface area contributed by atoms with Crippen LogP contribution in [0.5, 0.6) is 0 Å². The lowest BCUT2D eigenvalue weighted by Crippen LogP contribution is -2.29. The minimum Gasteiger partial charge on any atom is -0.373 e. The third kappa shape index (κ3) is 3.06. The van der Waals surface area contributed by atoms with Gasteiger partial charge in [-0.1, -0.05) is 0 Å². The van der Waals surface area contributed by atoms with E-state index in [1.807, 2.05) is 20.9 Å². The molecule has 0 spiro atoms. The molecule has 0 aromatic carbocycles. The summed E-state index contributed by atoms with van der Waals surface area (Å²) in [5.74, 6) is 1.72. The number of nitrogens with zero attached hydrogens (tertiary/aromatic N) is 4. The Kier molecular flexibility index (Phi) is 4.70. The molecule has 0 aliphatic carbocycles. The van der Waals surface area contributed by atoms with Crippen LogP contribution in [-0.2, 0) is 0 Å². The van der Waals surface area contributed by atoms with Gasteiger partial charge in [-0.3, -0.25) is 0 Å². The Balaban J connectivity index is 3.00. The van der Waals surface area contributed by atoms with Crippen LogP contribution in [0.1, 0.15) is 19.4 Å². The summed E-state index contributed by atoms with van der Waals surface area (Å²) in [7, 11) is 1.84. The number of aromatic nitrogens is 2. The van der Waals surface area contributed by atoms with Crippen molar-refractivity contribution >= 4 is 11.6 Å². The molecule has 1 aromatic rings. The molecule has 5 heteroatoms. The summed E-state index contributed by atoms with van der Waals surface area (Å²) < 4.78 is 0. The summed E-state index contributed by atoms with van der Waals surface area (Å²) >= 11 is 0. The highest BCUT2D eigenvalue weighted by atomic mass is 15.2. The van der Waals surface area contributed by atoms with Crippen LogP contribution >= 0.6 is 0 Å². The first-order chi connectivity index (χ1) is 8.13. The fraction of sp³-hybridized carbons (Fsp3) is 0.583. The molecule has 0 fully saturated rings. The quantitative estimate of drug-likeness (QED) is 0.840. The highest BCUT2D eigenvalue weighted by Gasteiger charge is 2.14. The normalized spacial score (nSPS) is 11.7. The van der Waals surface area contributed by atoms with E-state index in [1.54, 1.807) is 6.33 Å². The number of rotatable bonds is 5. The van der Waals surface area contributed by atoms with E-state index in [0.29, 0.717) is 6.54 Å². The zero-order valence-electron chi connectivity index (χ0n) is 10.9. The molecule has 0 saturated carbocycles. The predicted octanol–water partition coefficient (Wildman–Crippen LogP) is 1.81. The summed E-state index contributed by atoms with van der Waals surface area (Å²) in [5.41, 5.74) is 1.02. The summed E-state index contributed by atoms with van der Waals surface area (Å²) in [5, 5.41) is 11.9. The number of anilines is 2. The van der Waals surface area contributed by atoms with Gasteiger partial charge in [0.1, 0.15) is 18.0 Å². The maximum atomic E-state index is 8.87. The molecule has 1 heterocycles. The molecular formula is C12H19N5. The molecule has 0 aliphatic heterocycles. The molecule has 92 valence electrons. The van der Waals surface area contributed by atoms with Crippen molar-refractivity contribution in [3.63, 3.8) is 0 Å². The van der Waals surface area contributed by atoms with Crippen LogP contribution in [0, 0.1) is 24.2 Å². The lowest BCUT2D eigenvalue weighted by molar-refractivity contribution is 0.677. The monoisotopic (exact) mass is 233 g/mol. The number of hydrogen-bond acceptors (Lipinski definition) is 5. The first-order valence-electron chi connectivity index (χ1n) is 5.77. The Bertz CT molecular complexity index is 410. The van der Waals surface area contributed by atoms with Gasteiger partial charge in [-0.25, -0.2) is 9.97 Å². The van der Waals surface area contributed by atoms with Crippen LogP contribution in [0.4, 0.5) is 11.6 Å². The van der Waals surface area contributed by atoms with Crippen molar-refractivity contribution in [1.29, 1.82) is 5.26 Å². The third-order valence-corrected chi connectivity index (χ3v) is 2.69. The van der Waals surface area contributed by atoms with Crippen LogP contribution in [0.2, 0.25) is 0 Å². The number of nitriles is 1. The molecule has 1 atom stereocenters. The molecule has 1 N–H and O–H groups in total. The zero-order valence-corrected chi connectivity index (χ0v) is 10.9. The van der Waals surface area contributed by atoms with Crippen molar-refractivity contribution in [2.45, 2.75) is 20.8 Å². The van der Waals surface area contributed by atoms with Gasteiger partial charge in [0.2, 0.25) is 0 Å². The maximum Gasteiger partial charge on any atom is 0.137 e. The largest absolute Gasteiger partial charge is 0.373 e. The molecule has 17 heavy (non-hydrogen) atoms. The fourth-order valence-electron chi connectivity index (χ4n) is 1.75. The number of nitrogens with one attached hydrogen (secondary N) is 1. The molecule has 1 unspecified atom stereocenters. The van der Waals surface area contributed by atoms with Crippen LogP contribution in [0.15, 0.2) is 6.33 Å². The van der Waals surface area contributed by atoms with Crippen LogP contribution in [0.25, 0.3) is 0 Å². The topological polar surface area (TPSA) is 64.8 Å². The van der Waals surface area contributed by atoms with Crippen LogP contribution in [0.3, 0.4) is 0 Å². The van der Waals surface area contributed by atoms with Crippen molar-refractivity contribution in [2.75, 3.05) is 30.4 Å². The van der Waals surface area contributed by atoms with Gasteiger partial charge in [0.05, 0.1) is 12.0 Å². The molecule has 0 amide bonds. The molecular weight excluding hydrogens is 214 g/mol. The Labute approximate surface area is 102 Å². The van der Waals surface area contributed by atoms with Crippen LogP contribution < -0.4 is 10.2 Å². The highest BCUT2D eigenvalue weighted by Crippen LogP contribution is 2.22. The van der Waals surface area contributed by atoms with Crippen molar-refractivity contribution in [2.24, 2.45) is 5.92 Å².